The number of alkyl halides is 1. The summed E-state index contributed by atoms with van der Waals surface area (Å²) in [6.45, 7) is 0. The molecule has 4 heteroatoms. The number of hydrogen-bond acceptors (Lipinski definition) is 2. The topological polar surface area (TPSA) is 35.2 Å². The van der Waals surface area contributed by atoms with E-state index in [0.29, 0.717) is 24.8 Å². The van der Waals surface area contributed by atoms with Crippen LogP contribution in [-0.4, -0.2) is 18.8 Å². The Morgan fingerprint density at radius 3 is 2.82 bits per heavy atom. The predicted molar refractivity (Wildman–Crippen MR) is 62.3 cm³/mol. The van der Waals surface area contributed by atoms with E-state index in [1.54, 1.807) is 6.07 Å². The van der Waals surface area contributed by atoms with E-state index < -0.39 is 11.5 Å². The molecule has 1 aliphatic carbocycles. The lowest BCUT2D eigenvalue weighted by molar-refractivity contribution is 0.170. The van der Waals surface area contributed by atoms with Crippen LogP contribution in [0.15, 0.2) is 18.2 Å². The third-order valence-corrected chi connectivity index (χ3v) is 3.33. The first-order valence-corrected chi connectivity index (χ1v) is 5.79. The quantitative estimate of drug-likeness (QED) is 0.882. The maximum atomic E-state index is 14.3. The molecule has 2 unspecified atom stereocenters. The highest BCUT2D eigenvalue weighted by molar-refractivity contribution is 5.30. The number of halogens is 2. The van der Waals surface area contributed by atoms with Crippen LogP contribution in [0, 0.1) is 5.82 Å². The van der Waals surface area contributed by atoms with Crippen LogP contribution >= 0.6 is 0 Å². The second-order valence-electron chi connectivity index (χ2n) is 4.80. The molecule has 94 valence electrons. The van der Waals surface area contributed by atoms with Gasteiger partial charge in [0.05, 0.1) is 7.11 Å². The lowest BCUT2D eigenvalue weighted by atomic mass is 9.94. The maximum Gasteiger partial charge on any atom is 0.165 e. The molecule has 0 radical (unpaired) electrons. The fourth-order valence-corrected chi connectivity index (χ4v) is 2.46. The molecule has 0 aromatic heterocycles. The van der Waals surface area contributed by atoms with Gasteiger partial charge >= 0.3 is 0 Å². The van der Waals surface area contributed by atoms with E-state index in [2.05, 4.69) is 0 Å². The number of rotatable bonds is 3. The van der Waals surface area contributed by atoms with E-state index in [1.165, 1.54) is 19.2 Å². The summed E-state index contributed by atoms with van der Waals surface area (Å²) in [5, 5.41) is 0. The summed E-state index contributed by atoms with van der Waals surface area (Å²) in [5.41, 5.74) is 5.08. The summed E-state index contributed by atoms with van der Waals surface area (Å²) < 4.78 is 32.6. The molecular formula is C13H17F2NO. The van der Waals surface area contributed by atoms with Gasteiger partial charge in [-0.1, -0.05) is 6.07 Å². The van der Waals surface area contributed by atoms with Crippen molar-refractivity contribution in [1.29, 1.82) is 0 Å². The highest BCUT2D eigenvalue weighted by Gasteiger charge is 2.37. The number of hydrogen-bond donors (Lipinski definition) is 1. The van der Waals surface area contributed by atoms with Crippen molar-refractivity contribution in [2.75, 3.05) is 7.11 Å². The molecule has 0 amide bonds. The van der Waals surface area contributed by atoms with Crippen LogP contribution in [0.3, 0.4) is 0 Å². The average Bonchev–Trinajstić information content (AvgIpc) is 2.58. The highest BCUT2D eigenvalue weighted by Crippen LogP contribution is 2.36. The monoisotopic (exact) mass is 241 g/mol. The van der Waals surface area contributed by atoms with Crippen LogP contribution in [0.1, 0.15) is 24.8 Å². The molecule has 2 rings (SSSR count). The first kappa shape index (κ1) is 12.3. The molecule has 0 saturated heterocycles. The van der Waals surface area contributed by atoms with Crippen molar-refractivity contribution in [2.45, 2.75) is 37.4 Å². The minimum absolute atomic E-state index is 0.0666. The number of ether oxygens (including phenoxy) is 1. The van der Waals surface area contributed by atoms with Crippen molar-refractivity contribution < 1.29 is 13.5 Å². The standard InChI is InChI=1S/C13H17F2NO/c1-17-12-3-2-9(6-11(12)14)7-13(15)5-4-10(16)8-13/h2-3,6,10H,4-5,7-8,16H2,1H3. The summed E-state index contributed by atoms with van der Waals surface area (Å²) in [6, 6.07) is 4.50. The van der Waals surface area contributed by atoms with Gasteiger partial charge in [0.2, 0.25) is 0 Å². The zero-order chi connectivity index (χ0) is 12.5. The second kappa shape index (κ2) is 4.61. The lowest BCUT2D eigenvalue weighted by Gasteiger charge is -2.19. The van der Waals surface area contributed by atoms with Gasteiger partial charge in [0, 0.05) is 12.5 Å². The van der Waals surface area contributed by atoms with Crippen molar-refractivity contribution in [3.05, 3.63) is 29.6 Å². The van der Waals surface area contributed by atoms with Crippen molar-refractivity contribution in [3.63, 3.8) is 0 Å². The van der Waals surface area contributed by atoms with Gasteiger partial charge in [-0.05, 0) is 37.0 Å². The number of methoxy groups -OCH3 is 1. The smallest absolute Gasteiger partial charge is 0.165 e. The van der Waals surface area contributed by atoms with Crippen LogP contribution in [-0.2, 0) is 6.42 Å². The van der Waals surface area contributed by atoms with Gasteiger partial charge in [-0.2, -0.15) is 0 Å². The van der Waals surface area contributed by atoms with Gasteiger partial charge in [0.1, 0.15) is 5.67 Å². The second-order valence-corrected chi connectivity index (χ2v) is 4.80. The molecule has 0 spiro atoms. The molecule has 1 saturated carbocycles. The van der Waals surface area contributed by atoms with E-state index >= 15 is 0 Å². The van der Waals surface area contributed by atoms with Crippen LogP contribution in [0.25, 0.3) is 0 Å². The molecule has 0 bridgehead atoms. The summed E-state index contributed by atoms with van der Waals surface area (Å²) in [5.74, 6) is -0.263. The Balaban J connectivity index is 2.11. The Morgan fingerprint density at radius 1 is 1.53 bits per heavy atom. The van der Waals surface area contributed by atoms with Gasteiger partial charge < -0.3 is 10.5 Å². The third kappa shape index (κ3) is 2.75. The van der Waals surface area contributed by atoms with Gasteiger partial charge in [-0.3, -0.25) is 0 Å². The van der Waals surface area contributed by atoms with E-state index in [9.17, 15) is 8.78 Å². The Bertz CT molecular complexity index is 410. The molecule has 1 aromatic rings. The zero-order valence-corrected chi connectivity index (χ0v) is 9.88. The van der Waals surface area contributed by atoms with Crippen LogP contribution in [0.5, 0.6) is 5.75 Å². The fourth-order valence-electron chi connectivity index (χ4n) is 2.46. The molecule has 0 aliphatic heterocycles. The molecule has 1 aliphatic rings. The molecule has 2 atom stereocenters. The maximum absolute atomic E-state index is 14.3. The fraction of sp³-hybridized carbons (Fsp3) is 0.538. The predicted octanol–water partition coefficient (Wildman–Crippen LogP) is 2.60. The Labute approximate surface area is 99.8 Å². The van der Waals surface area contributed by atoms with E-state index in [-0.39, 0.29) is 18.2 Å². The average molecular weight is 241 g/mol. The first-order chi connectivity index (χ1) is 8.02. The van der Waals surface area contributed by atoms with Crippen molar-refractivity contribution >= 4 is 0 Å². The summed E-state index contributed by atoms with van der Waals surface area (Å²) >= 11 is 0. The molecule has 2 nitrogen and oxygen atoms in total. The first-order valence-electron chi connectivity index (χ1n) is 5.79. The van der Waals surface area contributed by atoms with Gasteiger partial charge in [-0.15, -0.1) is 0 Å². The van der Waals surface area contributed by atoms with Crippen molar-refractivity contribution in [3.8, 4) is 5.75 Å². The van der Waals surface area contributed by atoms with Crippen LogP contribution in [0.2, 0.25) is 0 Å². The summed E-state index contributed by atoms with van der Waals surface area (Å²) in [7, 11) is 1.41. The summed E-state index contributed by atoms with van der Waals surface area (Å²) in [6.07, 6.45) is 1.75. The SMILES string of the molecule is COc1ccc(CC2(F)CCC(N)C2)cc1F. The van der Waals surface area contributed by atoms with Gasteiger partial charge in [0.25, 0.3) is 0 Å². The van der Waals surface area contributed by atoms with E-state index in [0.717, 1.165) is 0 Å². The molecule has 2 N–H and O–H groups in total. The molecular weight excluding hydrogens is 224 g/mol. The lowest BCUT2D eigenvalue weighted by Crippen LogP contribution is -2.25. The number of nitrogens with two attached hydrogens (primary N) is 1. The Morgan fingerprint density at radius 2 is 2.29 bits per heavy atom. The summed E-state index contributed by atoms with van der Waals surface area (Å²) in [4.78, 5) is 0. The van der Waals surface area contributed by atoms with Crippen LogP contribution in [0.4, 0.5) is 8.78 Å². The molecule has 0 heterocycles. The zero-order valence-electron chi connectivity index (χ0n) is 9.88. The number of benzene rings is 1. The minimum Gasteiger partial charge on any atom is -0.494 e. The van der Waals surface area contributed by atoms with Crippen LogP contribution < -0.4 is 10.5 Å². The van der Waals surface area contributed by atoms with E-state index in [1.807, 2.05) is 0 Å². The molecule has 1 aromatic carbocycles. The van der Waals surface area contributed by atoms with Gasteiger partial charge in [-0.25, -0.2) is 8.78 Å². The third-order valence-electron chi connectivity index (χ3n) is 3.33. The van der Waals surface area contributed by atoms with Crippen molar-refractivity contribution in [1.82, 2.24) is 0 Å². The Kier molecular flexibility index (Phi) is 3.33. The minimum atomic E-state index is -1.28. The van der Waals surface area contributed by atoms with Crippen molar-refractivity contribution in [2.24, 2.45) is 5.73 Å². The Hall–Kier alpha value is -1.16. The van der Waals surface area contributed by atoms with Gasteiger partial charge in [0.15, 0.2) is 11.6 Å². The largest absolute Gasteiger partial charge is 0.494 e. The molecule has 1 fully saturated rings. The van der Waals surface area contributed by atoms with E-state index in [4.69, 9.17) is 10.5 Å². The highest BCUT2D eigenvalue weighted by atomic mass is 19.1. The molecule has 17 heavy (non-hydrogen) atoms. The normalized spacial score (nSPS) is 28.4.